The van der Waals surface area contributed by atoms with E-state index in [1.165, 1.54) is 77.8 Å². The molecular weight excluding hydrogens is 262 g/mol. The van der Waals surface area contributed by atoms with Crippen LogP contribution in [0.15, 0.2) is 0 Å². The van der Waals surface area contributed by atoms with Gasteiger partial charge in [0, 0.05) is 58.0 Å². The summed E-state index contributed by atoms with van der Waals surface area (Å²) in [5.41, 5.74) is 0.474. The smallest absolute Gasteiger partial charge is 0.0472 e. The number of nitrogens with one attached hydrogen (secondary N) is 1. The molecule has 4 rings (SSSR count). The second-order valence-electron chi connectivity index (χ2n) is 7.83. The molecule has 0 spiro atoms. The minimum Gasteiger partial charge on any atom is -0.381 e. The summed E-state index contributed by atoms with van der Waals surface area (Å²) in [5.74, 6) is 0. The molecule has 4 nitrogen and oxygen atoms in total. The van der Waals surface area contributed by atoms with Gasteiger partial charge in [0.05, 0.1) is 0 Å². The van der Waals surface area contributed by atoms with Crippen molar-refractivity contribution in [3.63, 3.8) is 0 Å². The fourth-order valence-electron chi connectivity index (χ4n) is 4.52. The first-order valence-corrected chi connectivity index (χ1v) is 9.11. The SMILES string of the molecule is C1CC2CN(CC3(CNC4CC4)CCOCC3)CCN2C1. The van der Waals surface area contributed by atoms with Gasteiger partial charge in [0.2, 0.25) is 0 Å². The van der Waals surface area contributed by atoms with Crippen LogP contribution in [-0.2, 0) is 4.74 Å². The number of hydrogen-bond donors (Lipinski definition) is 1. The lowest BCUT2D eigenvalue weighted by atomic mass is 9.79. The largest absolute Gasteiger partial charge is 0.381 e. The van der Waals surface area contributed by atoms with Gasteiger partial charge in [-0.25, -0.2) is 0 Å². The molecule has 0 aromatic heterocycles. The average Bonchev–Trinajstić information content (AvgIpc) is 3.23. The molecule has 0 aromatic carbocycles. The highest BCUT2D eigenvalue weighted by Crippen LogP contribution is 2.34. The van der Waals surface area contributed by atoms with Crippen LogP contribution >= 0.6 is 0 Å². The summed E-state index contributed by atoms with van der Waals surface area (Å²) >= 11 is 0. The van der Waals surface area contributed by atoms with Crippen molar-refractivity contribution >= 4 is 0 Å². The maximum Gasteiger partial charge on any atom is 0.0472 e. The van der Waals surface area contributed by atoms with Crippen molar-refractivity contribution in [3.8, 4) is 0 Å². The summed E-state index contributed by atoms with van der Waals surface area (Å²) < 4.78 is 5.65. The van der Waals surface area contributed by atoms with Gasteiger partial charge in [-0.15, -0.1) is 0 Å². The Hall–Kier alpha value is -0.160. The van der Waals surface area contributed by atoms with E-state index in [9.17, 15) is 0 Å². The highest BCUT2D eigenvalue weighted by atomic mass is 16.5. The van der Waals surface area contributed by atoms with Crippen molar-refractivity contribution in [1.29, 1.82) is 0 Å². The third-order valence-corrected chi connectivity index (χ3v) is 6.13. The van der Waals surface area contributed by atoms with Crippen LogP contribution in [0.4, 0.5) is 0 Å². The van der Waals surface area contributed by atoms with Gasteiger partial charge in [0.15, 0.2) is 0 Å². The van der Waals surface area contributed by atoms with E-state index in [1.807, 2.05) is 0 Å². The summed E-state index contributed by atoms with van der Waals surface area (Å²) in [6.07, 6.45) is 8.13. The zero-order valence-corrected chi connectivity index (χ0v) is 13.4. The topological polar surface area (TPSA) is 27.7 Å². The minimum atomic E-state index is 0.474. The fraction of sp³-hybridized carbons (Fsp3) is 1.00. The van der Waals surface area contributed by atoms with Gasteiger partial charge in [-0.2, -0.15) is 0 Å². The molecule has 21 heavy (non-hydrogen) atoms. The highest BCUT2D eigenvalue weighted by Gasteiger charge is 2.38. The van der Waals surface area contributed by atoms with Gasteiger partial charge in [0.25, 0.3) is 0 Å². The molecule has 1 atom stereocenters. The van der Waals surface area contributed by atoms with E-state index in [0.29, 0.717) is 5.41 Å². The quantitative estimate of drug-likeness (QED) is 0.827. The minimum absolute atomic E-state index is 0.474. The molecule has 1 aliphatic carbocycles. The summed E-state index contributed by atoms with van der Waals surface area (Å²) in [6.45, 7) is 9.68. The van der Waals surface area contributed by atoms with Gasteiger partial charge < -0.3 is 10.1 Å². The van der Waals surface area contributed by atoms with Crippen LogP contribution in [0.1, 0.15) is 38.5 Å². The number of fused-ring (bicyclic) bond motifs is 1. The first kappa shape index (κ1) is 14.4. The Bertz CT molecular complexity index is 352. The maximum atomic E-state index is 5.65. The number of piperazine rings is 1. The molecule has 4 heteroatoms. The molecule has 3 aliphatic heterocycles. The van der Waals surface area contributed by atoms with Crippen molar-refractivity contribution in [2.24, 2.45) is 5.41 Å². The van der Waals surface area contributed by atoms with E-state index in [1.54, 1.807) is 0 Å². The molecule has 1 saturated carbocycles. The normalized spacial score (nSPS) is 34.0. The molecule has 0 radical (unpaired) electrons. The van der Waals surface area contributed by atoms with Crippen molar-refractivity contribution in [1.82, 2.24) is 15.1 Å². The second kappa shape index (κ2) is 6.15. The van der Waals surface area contributed by atoms with Crippen molar-refractivity contribution in [3.05, 3.63) is 0 Å². The Balaban J connectivity index is 1.36. The van der Waals surface area contributed by atoms with Gasteiger partial charge in [-0.05, 0) is 50.5 Å². The molecule has 3 heterocycles. The fourth-order valence-corrected chi connectivity index (χ4v) is 4.52. The molecule has 1 N–H and O–H groups in total. The number of rotatable bonds is 5. The van der Waals surface area contributed by atoms with Crippen LogP contribution in [0, 0.1) is 5.41 Å². The third-order valence-electron chi connectivity index (χ3n) is 6.13. The van der Waals surface area contributed by atoms with E-state index < -0.39 is 0 Å². The molecule has 1 unspecified atom stereocenters. The first-order valence-electron chi connectivity index (χ1n) is 9.11. The Morgan fingerprint density at radius 3 is 2.71 bits per heavy atom. The Morgan fingerprint density at radius 1 is 1.05 bits per heavy atom. The monoisotopic (exact) mass is 293 g/mol. The molecule has 0 aromatic rings. The Kier molecular flexibility index (Phi) is 4.23. The third kappa shape index (κ3) is 3.44. The lowest BCUT2D eigenvalue weighted by molar-refractivity contribution is -0.0167. The highest BCUT2D eigenvalue weighted by molar-refractivity contribution is 4.94. The van der Waals surface area contributed by atoms with Crippen LogP contribution in [0.25, 0.3) is 0 Å². The summed E-state index contributed by atoms with van der Waals surface area (Å²) in [6, 6.07) is 1.68. The number of ether oxygens (including phenoxy) is 1. The zero-order chi connectivity index (χ0) is 14.1. The molecule has 3 saturated heterocycles. The van der Waals surface area contributed by atoms with Crippen LogP contribution < -0.4 is 5.32 Å². The molecule has 0 bridgehead atoms. The zero-order valence-electron chi connectivity index (χ0n) is 13.4. The molecule has 4 fully saturated rings. The van der Waals surface area contributed by atoms with E-state index in [0.717, 1.165) is 25.3 Å². The molecular formula is C17H31N3O. The summed E-state index contributed by atoms with van der Waals surface area (Å²) in [4.78, 5) is 5.49. The van der Waals surface area contributed by atoms with Gasteiger partial charge in [0.1, 0.15) is 0 Å². The first-order chi connectivity index (χ1) is 10.3. The van der Waals surface area contributed by atoms with E-state index in [2.05, 4.69) is 15.1 Å². The lowest BCUT2D eigenvalue weighted by Gasteiger charge is -2.45. The van der Waals surface area contributed by atoms with E-state index in [4.69, 9.17) is 4.74 Å². The molecule has 120 valence electrons. The van der Waals surface area contributed by atoms with Crippen LogP contribution in [0.3, 0.4) is 0 Å². The predicted molar refractivity (Wildman–Crippen MR) is 84.5 cm³/mol. The Morgan fingerprint density at radius 2 is 1.90 bits per heavy atom. The van der Waals surface area contributed by atoms with E-state index in [-0.39, 0.29) is 0 Å². The second-order valence-corrected chi connectivity index (χ2v) is 7.83. The van der Waals surface area contributed by atoms with Crippen LogP contribution in [-0.4, -0.2) is 74.4 Å². The number of hydrogen-bond acceptors (Lipinski definition) is 4. The predicted octanol–water partition coefficient (Wildman–Crippen LogP) is 1.32. The van der Waals surface area contributed by atoms with Crippen molar-refractivity contribution in [2.45, 2.75) is 50.6 Å². The standard InChI is InChI=1S/C17H31N3O/c1-2-16-12-19(8-9-20(16)7-1)14-17(5-10-21-11-6-17)13-18-15-3-4-15/h15-16,18H,1-14H2. The van der Waals surface area contributed by atoms with Crippen LogP contribution in [0.2, 0.25) is 0 Å². The van der Waals surface area contributed by atoms with E-state index >= 15 is 0 Å². The van der Waals surface area contributed by atoms with Crippen LogP contribution in [0.5, 0.6) is 0 Å². The lowest BCUT2D eigenvalue weighted by Crippen LogP contribution is -2.55. The van der Waals surface area contributed by atoms with Crippen molar-refractivity contribution in [2.75, 3.05) is 52.5 Å². The van der Waals surface area contributed by atoms with Crippen molar-refractivity contribution < 1.29 is 4.74 Å². The summed E-state index contributed by atoms with van der Waals surface area (Å²) in [5, 5.41) is 3.81. The summed E-state index contributed by atoms with van der Waals surface area (Å²) in [7, 11) is 0. The van der Waals surface area contributed by atoms with Gasteiger partial charge >= 0.3 is 0 Å². The number of nitrogens with zero attached hydrogens (tertiary/aromatic N) is 2. The Labute approximate surface area is 129 Å². The average molecular weight is 293 g/mol. The maximum absolute atomic E-state index is 5.65. The molecule has 4 aliphatic rings. The van der Waals surface area contributed by atoms with Gasteiger partial charge in [-0.1, -0.05) is 0 Å². The van der Waals surface area contributed by atoms with Gasteiger partial charge in [-0.3, -0.25) is 9.80 Å². The molecule has 0 amide bonds.